The fourth-order valence-corrected chi connectivity index (χ4v) is 2.12. The Morgan fingerprint density at radius 3 is 3.00 bits per heavy atom. The third kappa shape index (κ3) is 2.36. The van der Waals surface area contributed by atoms with Gasteiger partial charge in [0.15, 0.2) is 0 Å². The van der Waals surface area contributed by atoms with E-state index in [1.54, 1.807) is 4.90 Å². The Balaban J connectivity index is 2.25. The Hall–Kier alpha value is -1.31. The predicted octanol–water partition coefficient (Wildman–Crippen LogP) is 2.52. The van der Waals surface area contributed by atoms with Gasteiger partial charge in [0.1, 0.15) is 11.2 Å². The summed E-state index contributed by atoms with van der Waals surface area (Å²) < 4.78 is 0. The van der Waals surface area contributed by atoms with Crippen molar-refractivity contribution in [2.45, 2.75) is 18.9 Å². The standard InChI is InChI=1S/C11H9Cl2N3O/c12-9-4-7(6-15-10(9)13)11(17)16-3-1-2-8(16)5-14/h4,6,8H,1-3H2. The smallest absolute Gasteiger partial charge is 0.256 e. The van der Waals surface area contributed by atoms with Crippen LogP contribution in [0.2, 0.25) is 10.2 Å². The van der Waals surface area contributed by atoms with Gasteiger partial charge in [-0.1, -0.05) is 23.2 Å². The summed E-state index contributed by atoms with van der Waals surface area (Å²) in [6.45, 7) is 0.595. The maximum Gasteiger partial charge on any atom is 0.256 e. The van der Waals surface area contributed by atoms with Crippen molar-refractivity contribution in [2.75, 3.05) is 6.54 Å². The normalized spacial score (nSPS) is 19.1. The Morgan fingerprint density at radius 1 is 1.59 bits per heavy atom. The van der Waals surface area contributed by atoms with E-state index < -0.39 is 0 Å². The van der Waals surface area contributed by atoms with E-state index in [4.69, 9.17) is 28.5 Å². The van der Waals surface area contributed by atoms with Crippen molar-refractivity contribution in [1.29, 1.82) is 5.26 Å². The average molecular weight is 270 g/mol. The number of nitrogens with zero attached hydrogens (tertiary/aromatic N) is 3. The van der Waals surface area contributed by atoms with Gasteiger partial charge in [-0.3, -0.25) is 4.79 Å². The van der Waals surface area contributed by atoms with Crippen molar-refractivity contribution in [3.05, 3.63) is 28.0 Å². The number of carbonyl (C=O) groups excluding carboxylic acids is 1. The molecule has 0 N–H and O–H groups in total. The first-order chi connectivity index (χ1) is 8.13. The number of carbonyl (C=O) groups is 1. The van der Waals surface area contributed by atoms with Crippen molar-refractivity contribution in [3.8, 4) is 6.07 Å². The number of aromatic nitrogens is 1. The summed E-state index contributed by atoms with van der Waals surface area (Å²) in [6.07, 6.45) is 2.94. The molecule has 0 aromatic carbocycles. The number of halogens is 2. The monoisotopic (exact) mass is 269 g/mol. The molecule has 6 heteroatoms. The highest BCUT2D eigenvalue weighted by molar-refractivity contribution is 6.41. The summed E-state index contributed by atoms with van der Waals surface area (Å²) in [6, 6.07) is 3.24. The van der Waals surface area contributed by atoms with Crippen LogP contribution in [-0.4, -0.2) is 28.4 Å². The Morgan fingerprint density at radius 2 is 2.35 bits per heavy atom. The first-order valence-electron chi connectivity index (χ1n) is 5.15. The van der Waals surface area contributed by atoms with Crippen LogP contribution in [0.5, 0.6) is 0 Å². The van der Waals surface area contributed by atoms with Crippen LogP contribution in [0.15, 0.2) is 12.3 Å². The van der Waals surface area contributed by atoms with Gasteiger partial charge in [0.05, 0.1) is 16.7 Å². The minimum atomic E-state index is -0.350. The van der Waals surface area contributed by atoms with E-state index in [1.165, 1.54) is 12.3 Å². The number of rotatable bonds is 1. The molecule has 0 saturated carbocycles. The van der Waals surface area contributed by atoms with E-state index in [1.807, 2.05) is 0 Å². The molecule has 1 fully saturated rings. The molecule has 0 aliphatic carbocycles. The topological polar surface area (TPSA) is 57.0 Å². The van der Waals surface area contributed by atoms with Gasteiger partial charge in [-0.15, -0.1) is 0 Å². The molecule has 1 aromatic rings. The molecule has 88 valence electrons. The fourth-order valence-electron chi connectivity index (χ4n) is 1.85. The summed E-state index contributed by atoms with van der Waals surface area (Å²) in [5.74, 6) is -0.222. The van der Waals surface area contributed by atoms with Gasteiger partial charge < -0.3 is 4.90 Å². The quantitative estimate of drug-likeness (QED) is 0.737. The van der Waals surface area contributed by atoms with Gasteiger partial charge in [-0.25, -0.2) is 4.98 Å². The summed E-state index contributed by atoms with van der Waals surface area (Å²) in [7, 11) is 0. The number of nitriles is 1. The van der Waals surface area contributed by atoms with Gasteiger partial charge in [0, 0.05) is 12.7 Å². The third-order valence-corrected chi connectivity index (χ3v) is 3.39. The van der Waals surface area contributed by atoms with Gasteiger partial charge in [0.2, 0.25) is 0 Å². The van der Waals surface area contributed by atoms with Crippen molar-refractivity contribution in [2.24, 2.45) is 0 Å². The van der Waals surface area contributed by atoms with E-state index in [9.17, 15) is 4.79 Å². The maximum atomic E-state index is 12.1. The van der Waals surface area contributed by atoms with Crippen molar-refractivity contribution in [3.63, 3.8) is 0 Å². The molecule has 2 heterocycles. The third-order valence-electron chi connectivity index (χ3n) is 2.71. The van der Waals surface area contributed by atoms with Crippen LogP contribution in [0.4, 0.5) is 0 Å². The largest absolute Gasteiger partial charge is 0.323 e. The van der Waals surface area contributed by atoms with Crippen molar-refractivity contribution < 1.29 is 4.79 Å². The molecule has 1 aliphatic heterocycles. The zero-order valence-electron chi connectivity index (χ0n) is 8.86. The highest BCUT2D eigenvalue weighted by Crippen LogP contribution is 2.23. The summed E-state index contributed by atoms with van der Waals surface area (Å²) >= 11 is 11.5. The van der Waals surface area contributed by atoms with Gasteiger partial charge in [-0.2, -0.15) is 5.26 Å². The molecule has 1 unspecified atom stereocenters. The van der Waals surface area contributed by atoms with E-state index in [-0.39, 0.29) is 22.1 Å². The number of pyridine rings is 1. The van der Waals surface area contributed by atoms with Gasteiger partial charge in [0.25, 0.3) is 5.91 Å². The molecule has 1 aromatic heterocycles. The first kappa shape index (κ1) is 12.2. The Labute approximate surface area is 109 Å². The average Bonchev–Trinajstić information content (AvgIpc) is 2.80. The summed E-state index contributed by atoms with van der Waals surface area (Å²) in [5, 5.41) is 9.33. The zero-order valence-corrected chi connectivity index (χ0v) is 10.4. The molecule has 2 rings (SSSR count). The highest BCUT2D eigenvalue weighted by atomic mass is 35.5. The Kier molecular flexibility index (Phi) is 3.51. The van der Waals surface area contributed by atoms with Crippen LogP contribution < -0.4 is 0 Å². The van der Waals surface area contributed by atoms with Crippen molar-refractivity contribution in [1.82, 2.24) is 9.88 Å². The van der Waals surface area contributed by atoms with Crippen LogP contribution in [0.25, 0.3) is 0 Å². The maximum absolute atomic E-state index is 12.1. The van der Waals surface area contributed by atoms with Gasteiger partial charge in [-0.05, 0) is 18.9 Å². The molecular weight excluding hydrogens is 261 g/mol. The number of likely N-dealkylation sites (tertiary alicyclic amines) is 1. The molecule has 4 nitrogen and oxygen atoms in total. The molecule has 1 amide bonds. The molecular formula is C11H9Cl2N3O. The summed E-state index contributed by atoms with van der Waals surface area (Å²) in [4.78, 5) is 17.5. The SMILES string of the molecule is N#CC1CCCN1C(=O)c1cnc(Cl)c(Cl)c1. The lowest BCUT2D eigenvalue weighted by Gasteiger charge is -2.19. The van der Waals surface area contributed by atoms with Crippen LogP contribution in [0.1, 0.15) is 23.2 Å². The lowest BCUT2D eigenvalue weighted by atomic mass is 10.2. The second kappa shape index (κ2) is 4.91. The highest BCUT2D eigenvalue weighted by Gasteiger charge is 2.29. The molecule has 1 saturated heterocycles. The lowest BCUT2D eigenvalue weighted by Crippen LogP contribution is -2.34. The number of hydrogen-bond acceptors (Lipinski definition) is 3. The minimum absolute atomic E-state index is 0.168. The molecule has 0 radical (unpaired) electrons. The molecule has 17 heavy (non-hydrogen) atoms. The zero-order chi connectivity index (χ0) is 12.4. The van der Waals surface area contributed by atoms with Crippen LogP contribution in [0.3, 0.4) is 0 Å². The van der Waals surface area contributed by atoms with E-state index in [2.05, 4.69) is 11.1 Å². The van der Waals surface area contributed by atoms with E-state index in [0.29, 0.717) is 12.1 Å². The van der Waals surface area contributed by atoms with E-state index >= 15 is 0 Å². The number of amides is 1. The van der Waals surface area contributed by atoms with Crippen LogP contribution in [-0.2, 0) is 0 Å². The van der Waals surface area contributed by atoms with E-state index in [0.717, 1.165) is 12.8 Å². The minimum Gasteiger partial charge on any atom is -0.323 e. The lowest BCUT2D eigenvalue weighted by molar-refractivity contribution is 0.0764. The number of hydrogen-bond donors (Lipinski definition) is 0. The Bertz CT molecular complexity index is 498. The fraction of sp³-hybridized carbons (Fsp3) is 0.364. The molecule has 1 atom stereocenters. The second-order valence-corrected chi connectivity index (χ2v) is 4.55. The van der Waals surface area contributed by atoms with Gasteiger partial charge >= 0.3 is 0 Å². The second-order valence-electron chi connectivity index (χ2n) is 3.78. The molecule has 0 bridgehead atoms. The van der Waals surface area contributed by atoms with Crippen molar-refractivity contribution >= 4 is 29.1 Å². The molecule has 1 aliphatic rings. The summed E-state index contributed by atoms with van der Waals surface area (Å²) in [5.41, 5.74) is 0.363. The predicted molar refractivity (Wildman–Crippen MR) is 63.9 cm³/mol. The molecule has 0 spiro atoms. The van der Waals surface area contributed by atoms with Crippen LogP contribution >= 0.6 is 23.2 Å². The first-order valence-corrected chi connectivity index (χ1v) is 5.90. The van der Waals surface area contributed by atoms with Crippen LogP contribution in [0, 0.1) is 11.3 Å².